The zero-order chi connectivity index (χ0) is 13.5. The van der Waals surface area contributed by atoms with Crippen LogP contribution in [0.5, 0.6) is 0 Å². The Kier molecular flexibility index (Phi) is 3.42. The Balaban J connectivity index is 1.78. The second-order valence-electron chi connectivity index (χ2n) is 5.92. The lowest BCUT2D eigenvalue weighted by atomic mass is 9.60. The SMILES string of the molecule is O=C(O)C1(Sc2cccc(Br)c2)CC2(CCCC2)C1. The maximum Gasteiger partial charge on any atom is 0.320 e. The van der Waals surface area contributed by atoms with Crippen LogP contribution in [-0.4, -0.2) is 15.8 Å². The number of halogens is 1. The molecule has 0 amide bonds. The molecule has 0 bridgehead atoms. The lowest BCUT2D eigenvalue weighted by molar-refractivity contribution is -0.146. The molecule has 1 aromatic carbocycles. The van der Waals surface area contributed by atoms with Gasteiger partial charge in [-0.15, -0.1) is 11.8 Å². The van der Waals surface area contributed by atoms with Gasteiger partial charge in [0.1, 0.15) is 4.75 Å². The Morgan fingerprint density at radius 3 is 2.53 bits per heavy atom. The number of hydrogen-bond donors (Lipinski definition) is 1. The molecule has 2 saturated carbocycles. The summed E-state index contributed by atoms with van der Waals surface area (Å²) in [6.07, 6.45) is 6.68. The van der Waals surface area contributed by atoms with Crippen LogP contribution in [0.3, 0.4) is 0 Å². The summed E-state index contributed by atoms with van der Waals surface area (Å²) in [5, 5.41) is 9.63. The van der Waals surface area contributed by atoms with Crippen molar-refractivity contribution in [1.82, 2.24) is 0 Å². The van der Waals surface area contributed by atoms with E-state index in [2.05, 4.69) is 15.9 Å². The zero-order valence-corrected chi connectivity index (χ0v) is 13.1. The lowest BCUT2D eigenvalue weighted by Gasteiger charge is -2.52. The molecule has 2 fully saturated rings. The molecule has 0 aliphatic heterocycles. The molecule has 2 aliphatic rings. The van der Waals surface area contributed by atoms with Gasteiger partial charge >= 0.3 is 5.97 Å². The Morgan fingerprint density at radius 1 is 1.26 bits per heavy atom. The highest BCUT2D eigenvalue weighted by Crippen LogP contribution is 2.64. The van der Waals surface area contributed by atoms with Gasteiger partial charge in [-0.2, -0.15) is 0 Å². The molecule has 2 nitrogen and oxygen atoms in total. The number of rotatable bonds is 3. The van der Waals surface area contributed by atoms with Crippen LogP contribution in [0.25, 0.3) is 0 Å². The third kappa shape index (κ3) is 2.45. The number of carboxylic acid groups (broad SMARTS) is 1. The van der Waals surface area contributed by atoms with Crippen molar-refractivity contribution in [2.75, 3.05) is 0 Å². The van der Waals surface area contributed by atoms with Crippen LogP contribution in [0.1, 0.15) is 38.5 Å². The van der Waals surface area contributed by atoms with Crippen molar-refractivity contribution in [3.05, 3.63) is 28.7 Å². The maximum absolute atomic E-state index is 11.7. The van der Waals surface area contributed by atoms with Crippen LogP contribution in [0.4, 0.5) is 0 Å². The van der Waals surface area contributed by atoms with Crippen molar-refractivity contribution in [3.8, 4) is 0 Å². The molecule has 0 heterocycles. The topological polar surface area (TPSA) is 37.3 Å². The van der Waals surface area contributed by atoms with Crippen molar-refractivity contribution in [1.29, 1.82) is 0 Å². The number of aliphatic carboxylic acids is 1. The number of benzene rings is 1. The third-order valence-corrected chi connectivity index (χ3v) is 6.32. The summed E-state index contributed by atoms with van der Waals surface area (Å²) in [6.45, 7) is 0. The van der Waals surface area contributed by atoms with E-state index in [-0.39, 0.29) is 0 Å². The smallest absolute Gasteiger partial charge is 0.320 e. The lowest BCUT2D eigenvalue weighted by Crippen LogP contribution is -2.53. The molecule has 0 unspecified atom stereocenters. The molecule has 3 rings (SSSR count). The molecule has 0 radical (unpaired) electrons. The van der Waals surface area contributed by atoms with E-state index < -0.39 is 10.7 Å². The van der Waals surface area contributed by atoms with Crippen LogP contribution in [-0.2, 0) is 4.79 Å². The van der Waals surface area contributed by atoms with Gasteiger partial charge in [0.25, 0.3) is 0 Å². The van der Waals surface area contributed by atoms with Gasteiger partial charge in [0, 0.05) is 9.37 Å². The summed E-state index contributed by atoms with van der Waals surface area (Å²) in [6, 6.07) is 7.94. The molecular formula is C15H17BrO2S. The molecule has 2 aliphatic carbocycles. The monoisotopic (exact) mass is 340 g/mol. The maximum atomic E-state index is 11.7. The minimum atomic E-state index is -0.644. The molecular weight excluding hydrogens is 324 g/mol. The van der Waals surface area contributed by atoms with Gasteiger partial charge in [-0.05, 0) is 49.3 Å². The molecule has 0 atom stereocenters. The first kappa shape index (κ1) is 13.5. The minimum Gasteiger partial charge on any atom is -0.480 e. The van der Waals surface area contributed by atoms with E-state index in [4.69, 9.17) is 0 Å². The third-order valence-electron chi connectivity index (χ3n) is 4.48. The van der Waals surface area contributed by atoms with E-state index in [1.165, 1.54) is 37.4 Å². The zero-order valence-electron chi connectivity index (χ0n) is 10.7. The van der Waals surface area contributed by atoms with Crippen molar-refractivity contribution in [2.45, 2.75) is 48.2 Å². The Morgan fingerprint density at radius 2 is 1.95 bits per heavy atom. The predicted octanol–water partition coefficient (Wildman–Crippen LogP) is 4.72. The summed E-state index contributed by atoms with van der Waals surface area (Å²) in [7, 11) is 0. The minimum absolute atomic E-state index is 0.345. The largest absolute Gasteiger partial charge is 0.480 e. The molecule has 0 saturated heterocycles. The average Bonchev–Trinajstić information content (AvgIpc) is 2.76. The van der Waals surface area contributed by atoms with E-state index >= 15 is 0 Å². The van der Waals surface area contributed by atoms with Crippen LogP contribution >= 0.6 is 27.7 Å². The summed E-state index contributed by atoms with van der Waals surface area (Å²) in [5.41, 5.74) is 0.345. The van der Waals surface area contributed by atoms with E-state index in [1.54, 1.807) is 0 Å². The highest BCUT2D eigenvalue weighted by atomic mass is 79.9. The van der Waals surface area contributed by atoms with Gasteiger partial charge in [0.15, 0.2) is 0 Å². The first-order chi connectivity index (χ1) is 9.04. The fourth-order valence-corrected chi connectivity index (χ4v) is 5.84. The summed E-state index contributed by atoms with van der Waals surface area (Å²) in [4.78, 5) is 12.7. The number of carbonyl (C=O) groups is 1. The first-order valence-corrected chi connectivity index (χ1v) is 8.33. The highest BCUT2D eigenvalue weighted by Gasteiger charge is 2.60. The van der Waals surface area contributed by atoms with Crippen LogP contribution in [0.2, 0.25) is 0 Å². The highest BCUT2D eigenvalue weighted by molar-refractivity contribution is 9.10. The Labute approximate surface area is 126 Å². The Hall–Kier alpha value is -0.480. The summed E-state index contributed by atoms with van der Waals surface area (Å²) < 4.78 is 0.415. The number of hydrogen-bond acceptors (Lipinski definition) is 2. The summed E-state index contributed by atoms with van der Waals surface area (Å²) in [5.74, 6) is -0.644. The van der Waals surface area contributed by atoms with Crippen LogP contribution < -0.4 is 0 Å². The fraction of sp³-hybridized carbons (Fsp3) is 0.533. The van der Waals surface area contributed by atoms with Crippen molar-refractivity contribution < 1.29 is 9.90 Å². The van der Waals surface area contributed by atoms with Crippen molar-refractivity contribution in [3.63, 3.8) is 0 Å². The van der Waals surface area contributed by atoms with Gasteiger partial charge in [-0.3, -0.25) is 4.79 Å². The molecule has 1 aromatic rings. The average molecular weight is 341 g/mol. The fourth-order valence-electron chi connectivity index (χ4n) is 3.66. The van der Waals surface area contributed by atoms with Gasteiger partial charge < -0.3 is 5.11 Å². The van der Waals surface area contributed by atoms with Crippen molar-refractivity contribution >= 4 is 33.7 Å². The van der Waals surface area contributed by atoms with Crippen LogP contribution in [0, 0.1) is 5.41 Å². The molecule has 1 spiro atoms. The van der Waals surface area contributed by atoms with E-state index in [9.17, 15) is 9.90 Å². The van der Waals surface area contributed by atoms with Gasteiger partial charge in [-0.25, -0.2) is 0 Å². The predicted molar refractivity (Wildman–Crippen MR) is 80.5 cm³/mol. The van der Waals surface area contributed by atoms with E-state index in [0.717, 1.165) is 22.2 Å². The van der Waals surface area contributed by atoms with Gasteiger partial charge in [-0.1, -0.05) is 34.8 Å². The molecule has 1 N–H and O–H groups in total. The standard InChI is InChI=1S/C15H17BrO2S/c16-11-4-3-5-12(8-11)19-15(13(17)18)9-14(10-15)6-1-2-7-14/h3-5,8H,1-2,6-7,9-10H2,(H,17,18). The van der Waals surface area contributed by atoms with Gasteiger partial charge in [0.05, 0.1) is 0 Å². The molecule has 102 valence electrons. The Bertz CT molecular complexity index is 501. The second-order valence-corrected chi connectivity index (χ2v) is 8.29. The normalized spacial score (nSPS) is 23.2. The van der Waals surface area contributed by atoms with E-state index in [1.807, 2.05) is 24.3 Å². The number of thioether (sulfide) groups is 1. The van der Waals surface area contributed by atoms with Crippen molar-refractivity contribution in [2.24, 2.45) is 5.41 Å². The second kappa shape index (κ2) is 4.81. The van der Waals surface area contributed by atoms with Gasteiger partial charge in [0.2, 0.25) is 0 Å². The van der Waals surface area contributed by atoms with E-state index in [0.29, 0.717) is 5.41 Å². The first-order valence-electron chi connectivity index (χ1n) is 6.72. The molecule has 19 heavy (non-hydrogen) atoms. The molecule has 4 heteroatoms. The summed E-state index contributed by atoms with van der Waals surface area (Å²) >= 11 is 4.98. The quantitative estimate of drug-likeness (QED) is 0.864. The van der Waals surface area contributed by atoms with Crippen LogP contribution in [0.15, 0.2) is 33.6 Å². The number of carboxylic acids is 1. The molecule has 0 aromatic heterocycles.